The molecule has 0 aliphatic rings. The molecule has 0 N–H and O–H groups in total. The van der Waals surface area contributed by atoms with Gasteiger partial charge in [-0.3, -0.25) is 0 Å². The Morgan fingerprint density at radius 1 is 1.29 bits per heavy atom. The van der Waals surface area contributed by atoms with Gasteiger partial charge in [0.05, 0.1) is 11.6 Å². The monoisotopic (exact) mass is 274 g/mol. The quantitative estimate of drug-likeness (QED) is 0.711. The van der Waals surface area contributed by atoms with Gasteiger partial charge >= 0.3 is 0 Å². The van der Waals surface area contributed by atoms with Crippen molar-refractivity contribution in [3.05, 3.63) is 28.8 Å². The predicted molar refractivity (Wildman–Crippen MR) is 75.5 cm³/mol. The van der Waals surface area contributed by atoms with Gasteiger partial charge in [-0.15, -0.1) is 11.6 Å². The van der Waals surface area contributed by atoms with Crippen molar-refractivity contribution in [3.8, 4) is 5.75 Å². The second kappa shape index (κ2) is 5.97. The van der Waals surface area contributed by atoms with Crippen molar-refractivity contribution < 1.29 is 4.74 Å². The summed E-state index contributed by atoms with van der Waals surface area (Å²) in [5, 5.41) is 0.666. The highest BCUT2D eigenvalue weighted by Crippen LogP contribution is 2.31. The first kappa shape index (κ1) is 14.7. The van der Waals surface area contributed by atoms with Crippen LogP contribution in [0.2, 0.25) is 5.02 Å². The normalized spacial score (nSPS) is 13.5. The van der Waals surface area contributed by atoms with E-state index in [-0.39, 0.29) is 5.41 Å². The lowest BCUT2D eigenvalue weighted by Gasteiger charge is -2.20. The van der Waals surface area contributed by atoms with Crippen molar-refractivity contribution >= 4 is 23.2 Å². The van der Waals surface area contributed by atoms with Crippen LogP contribution < -0.4 is 4.74 Å². The fourth-order valence-corrected chi connectivity index (χ4v) is 1.69. The molecular weight excluding hydrogens is 255 g/mol. The van der Waals surface area contributed by atoms with Crippen LogP contribution in [0.3, 0.4) is 0 Å². The van der Waals surface area contributed by atoms with E-state index in [0.717, 1.165) is 5.75 Å². The average Bonchev–Trinajstić information content (AvgIpc) is 2.25. The minimum atomic E-state index is 0.103. The topological polar surface area (TPSA) is 9.23 Å². The minimum Gasteiger partial charge on any atom is -0.492 e. The van der Waals surface area contributed by atoms with Crippen molar-refractivity contribution in [2.45, 2.75) is 33.1 Å². The summed E-state index contributed by atoms with van der Waals surface area (Å²) in [6.45, 7) is 9.13. The van der Waals surface area contributed by atoms with Gasteiger partial charge in [0, 0.05) is 11.8 Å². The van der Waals surface area contributed by atoms with Crippen molar-refractivity contribution in [1.29, 1.82) is 0 Å². The summed E-state index contributed by atoms with van der Waals surface area (Å²) in [5.74, 6) is 1.66. The first-order valence-electron chi connectivity index (χ1n) is 5.83. The third-order valence-electron chi connectivity index (χ3n) is 2.58. The number of hydrogen-bond donors (Lipinski definition) is 0. The molecule has 0 aliphatic carbocycles. The molecule has 1 unspecified atom stereocenters. The van der Waals surface area contributed by atoms with Gasteiger partial charge in [0.1, 0.15) is 5.75 Å². The first-order valence-corrected chi connectivity index (χ1v) is 6.74. The Morgan fingerprint density at radius 3 is 2.41 bits per heavy atom. The second-order valence-corrected chi connectivity index (χ2v) is 6.18. The van der Waals surface area contributed by atoms with Crippen LogP contribution in [0, 0.1) is 5.92 Å². The number of rotatable bonds is 4. The van der Waals surface area contributed by atoms with E-state index in [2.05, 4.69) is 26.8 Å². The van der Waals surface area contributed by atoms with Gasteiger partial charge in [-0.2, -0.15) is 0 Å². The van der Waals surface area contributed by atoms with Crippen LogP contribution in [0.15, 0.2) is 18.2 Å². The maximum Gasteiger partial charge on any atom is 0.137 e. The Balaban J connectivity index is 2.77. The van der Waals surface area contributed by atoms with Gasteiger partial charge in [0.2, 0.25) is 0 Å². The SMILES string of the molecule is CC(CCl)COc1ccc(C(C)(C)C)cc1Cl. The van der Waals surface area contributed by atoms with E-state index >= 15 is 0 Å². The summed E-state index contributed by atoms with van der Waals surface area (Å²) >= 11 is 11.9. The fourth-order valence-electron chi connectivity index (χ4n) is 1.36. The maximum absolute atomic E-state index is 6.20. The number of alkyl halides is 1. The Kier molecular flexibility index (Phi) is 5.15. The molecule has 0 heterocycles. The molecule has 96 valence electrons. The van der Waals surface area contributed by atoms with Crippen LogP contribution in [0.4, 0.5) is 0 Å². The molecule has 0 aliphatic heterocycles. The molecule has 1 aromatic carbocycles. The summed E-state index contributed by atoms with van der Waals surface area (Å²) < 4.78 is 5.64. The Hall–Kier alpha value is -0.400. The Bertz CT molecular complexity index is 369. The van der Waals surface area contributed by atoms with E-state index in [1.54, 1.807) is 0 Å². The highest BCUT2D eigenvalue weighted by Gasteiger charge is 2.15. The largest absolute Gasteiger partial charge is 0.492 e. The van der Waals surface area contributed by atoms with E-state index in [9.17, 15) is 0 Å². The van der Waals surface area contributed by atoms with Crippen LogP contribution >= 0.6 is 23.2 Å². The van der Waals surface area contributed by atoms with Crippen molar-refractivity contribution in [2.75, 3.05) is 12.5 Å². The van der Waals surface area contributed by atoms with Crippen molar-refractivity contribution in [3.63, 3.8) is 0 Å². The summed E-state index contributed by atoms with van der Waals surface area (Å²) in [6.07, 6.45) is 0. The first-order chi connectivity index (χ1) is 7.84. The number of benzene rings is 1. The summed E-state index contributed by atoms with van der Waals surface area (Å²) in [4.78, 5) is 0. The molecule has 0 spiro atoms. The van der Waals surface area contributed by atoms with Gasteiger partial charge in [-0.05, 0) is 23.1 Å². The number of ether oxygens (including phenoxy) is 1. The number of halogens is 2. The van der Waals surface area contributed by atoms with E-state index in [0.29, 0.717) is 23.4 Å². The average molecular weight is 275 g/mol. The second-order valence-electron chi connectivity index (χ2n) is 5.47. The molecule has 1 aromatic rings. The lowest BCUT2D eigenvalue weighted by Crippen LogP contribution is -2.12. The minimum absolute atomic E-state index is 0.103. The smallest absolute Gasteiger partial charge is 0.137 e. The molecule has 1 rings (SSSR count). The lowest BCUT2D eigenvalue weighted by molar-refractivity contribution is 0.273. The predicted octanol–water partition coefficient (Wildman–Crippen LogP) is 4.89. The molecule has 0 saturated carbocycles. The van der Waals surface area contributed by atoms with Crippen LogP contribution in [0.1, 0.15) is 33.3 Å². The molecule has 3 heteroatoms. The summed E-state index contributed by atoms with van der Waals surface area (Å²) in [5.41, 5.74) is 1.31. The molecule has 17 heavy (non-hydrogen) atoms. The maximum atomic E-state index is 6.20. The molecular formula is C14H20Cl2O. The van der Waals surface area contributed by atoms with E-state index in [1.165, 1.54) is 5.56 Å². The summed E-state index contributed by atoms with van der Waals surface area (Å²) in [7, 11) is 0. The highest BCUT2D eigenvalue weighted by molar-refractivity contribution is 6.32. The zero-order valence-corrected chi connectivity index (χ0v) is 12.4. The van der Waals surface area contributed by atoms with Gasteiger partial charge in [-0.1, -0.05) is 45.4 Å². The van der Waals surface area contributed by atoms with Gasteiger partial charge in [-0.25, -0.2) is 0 Å². The van der Waals surface area contributed by atoms with Gasteiger partial charge in [0.25, 0.3) is 0 Å². The van der Waals surface area contributed by atoms with Crippen molar-refractivity contribution in [1.82, 2.24) is 0 Å². The molecule has 0 bridgehead atoms. The van der Waals surface area contributed by atoms with E-state index in [4.69, 9.17) is 27.9 Å². The van der Waals surface area contributed by atoms with Crippen LogP contribution in [-0.4, -0.2) is 12.5 Å². The molecule has 0 amide bonds. The third kappa shape index (κ3) is 4.40. The molecule has 0 aromatic heterocycles. The fraction of sp³-hybridized carbons (Fsp3) is 0.571. The number of hydrogen-bond acceptors (Lipinski definition) is 1. The standard InChI is InChI=1S/C14H20Cl2O/c1-10(8-15)9-17-13-6-5-11(7-12(13)16)14(2,3)4/h5-7,10H,8-9H2,1-4H3. The van der Waals surface area contributed by atoms with Crippen LogP contribution in [0.25, 0.3) is 0 Å². The zero-order valence-electron chi connectivity index (χ0n) is 10.9. The van der Waals surface area contributed by atoms with Crippen LogP contribution in [-0.2, 0) is 5.41 Å². The zero-order chi connectivity index (χ0) is 13.1. The molecule has 0 radical (unpaired) electrons. The molecule has 1 atom stereocenters. The van der Waals surface area contributed by atoms with Gasteiger partial charge in [0.15, 0.2) is 0 Å². The third-order valence-corrected chi connectivity index (χ3v) is 3.41. The Labute approximate surface area is 114 Å². The highest BCUT2D eigenvalue weighted by atomic mass is 35.5. The molecule has 0 fully saturated rings. The van der Waals surface area contributed by atoms with Gasteiger partial charge < -0.3 is 4.74 Å². The summed E-state index contributed by atoms with van der Waals surface area (Å²) in [6, 6.07) is 5.97. The van der Waals surface area contributed by atoms with Crippen molar-refractivity contribution in [2.24, 2.45) is 5.92 Å². The van der Waals surface area contributed by atoms with Crippen LogP contribution in [0.5, 0.6) is 5.75 Å². The Morgan fingerprint density at radius 2 is 1.94 bits per heavy atom. The molecule has 0 saturated heterocycles. The lowest BCUT2D eigenvalue weighted by atomic mass is 9.87. The van der Waals surface area contributed by atoms with E-state index in [1.807, 2.05) is 19.1 Å². The van der Waals surface area contributed by atoms with E-state index < -0.39 is 0 Å². The molecule has 1 nitrogen and oxygen atoms in total.